The molecule has 0 aliphatic carbocycles. The Bertz CT molecular complexity index is 93.1. The molecule has 0 heterocycles. The maximum absolute atomic E-state index is 10.3. The predicted octanol–water partition coefficient (Wildman–Crippen LogP) is -0.120. The molecule has 1 unspecified atom stereocenters. The topological polar surface area (TPSA) is 63.3 Å². The van der Waals surface area contributed by atoms with Crippen molar-refractivity contribution in [2.45, 2.75) is 19.8 Å². The van der Waals surface area contributed by atoms with Gasteiger partial charge in [0.15, 0.2) is 0 Å². The smallest absolute Gasteiger partial charge is 0.220 e. The first kappa shape index (κ1) is 8.43. The van der Waals surface area contributed by atoms with Gasteiger partial charge in [-0.25, -0.2) is 0 Å². The second-order valence-corrected chi connectivity index (χ2v) is 2.17. The van der Waals surface area contributed by atoms with Gasteiger partial charge in [0.05, 0.1) is 0 Å². The molecule has 0 spiro atoms. The van der Waals surface area contributed by atoms with E-state index in [0.29, 0.717) is 12.8 Å². The summed E-state index contributed by atoms with van der Waals surface area (Å²) in [7, 11) is 0. The van der Waals surface area contributed by atoms with Gasteiger partial charge in [-0.2, -0.15) is 0 Å². The van der Waals surface area contributed by atoms with Crippen LogP contribution in [0.4, 0.5) is 0 Å². The van der Waals surface area contributed by atoms with E-state index in [0.717, 1.165) is 0 Å². The molecule has 0 bridgehead atoms. The summed E-state index contributed by atoms with van der Waals surface area (Å²) in [6.45, 7) is 1.90. The van der Waals surface area contributed by atoms with Crippen molar-refractivity contribution in [1.82, 2.24) is 0 Å². The van der Waals surface area contributed by atoms with Gasteiger partial charge in [-0.3, -0.25) is 4.79 Å². The van der Waals surface area contributed by atoms with Gasteiger partial charge in [0.2, 0.25) is 5.91 Å². The molecule has 0 aromatic heterocycles. The van der Waals surface area contributed by atoms with Crippen LogP contribution < -0.4 is 5.73 Å². The van der Waals surface area contributed by atoms with Crippen LogP contribution in [0.5, 0.6) is 0 Å². The van der Waals surface area contributed by atoms with Crippen LogP contribution >= 0.6 is 0 Å². The van der Waals surface area contributed by atoms with Crippen LogP contribution in [0, 0.1) is 5.92 Å². The van der Waals surface area contributed by atoms with Crippen molar-refractivity contribution in [3.8, 4) is 0 Å². The van der Waals surface area contributed by atoms with Gasteiger partial charge >= 0.3 is 0 Å². The van der Waals surface area contributed by atoms with Crippen LogP contribution in [0.25, 0.3) is 0 Å². The Morgan fingerprint density at radius 1 is 1.78 bits per heavy atom. The normalized spacial score (nSPS) is 13.1. The van der Waals surface area contributed by atoms with Gasteiger partial charge in [-0.05, 0) is 12.8 Å². The minimum atomic E-state index is -0.288. The van der Waals surface area contributed by atoms with Gasteiger partial charge in [0.1, 0.15) is 0 Å². The van der Waals surface area contributed by atoms with E-state index in [2.05, 4.69) is 0 Å². The Labute approximate surface area is 54.9 Å². The molecule has 9 heavy (non-hydrogen) atoms. The summed E-state index contributed by atoms with van der Waals surface area (Å²) in [6, 6.07) is 0. The molecule has 0 aromatic rings. The highest BCUT2D eigenvalue weighted by molar-refractivity contribution is 5.76. The van der Waals surface area contributed by atoms with Crippen LogP contribution in [0.1, 0.15) is 19.8 Å². The van der Waals surface area contributed by atoms with Crippen molar-refractivity contribution in [1.29, 1.82) is 0 Å². The van der Waals surface area contributed by atoms with Gasteiger partial charge < -0.3 is 10.8 Å². The van der Waals surface area contributed by atoms with Crippen LogP contribution in [0.2, 0.25) is 0 Å². The van der Waals surface area contributed by atoms with E-state index in [9.17, 15) is 4.79 Å². The molecule has 0 aliphatic rings. The number of nitrogens with two attached hydrogens (primary N) is 1. The highest BCUT2D eigenvalue weighted by Gasteiger charge is 2.06. The maximum atomic E-state index is 10.3. The van der Waals surface area contributed by atoms with E-state index >= 15 is 0 Å². The third-order valence-electron chi connectivity index (χ3n) is 1.28. The minimum absolute atomic E-state index is 0.0999. The molecular formula is C6H13NO2. The summed E-state index contributed by atoms with van der Waals surface area (Å²) >= 11 is 0. The Morgan fingerprint density at radius 2 is 2.33 bits per heavy atom. The molecule has 3 nitrogen and oxygen atoms in total. The summed E-state index contributed by atoms with van der Waals surface area (Å²) in [6.07, 6.45) is 1.34. The maximum Gasteiger partial charge on any atom is 0.220 e. The Balaban J connectivity index is 3.27. The molecule has 3 N–H and O–H groups in total. The number of hydrogen-bond donors (Lipinski definition) is 2. The molecule has 0 radical (unpaired) electrons. The van der Waals surface area contributed by atoms with E-state index < -0.39 is 0 Å². The molecule has 54 valence electrons. The average Bonchev–Trinajstić information content (AvgIpc) is 1.82. The molecule has 0 fully saturated rings. The fourth-order valence-corrected chi connectivity index (χ4v) is 0.540. The predicted molar refractivity (Wildman–Crippen MR) is 34.7 cm³/mol. The highest BCUT2D eigenvalue weighted by Crippen LogP contribution is 2.02. The quantitative estimate of drug-likeness (QED) is 0.558. The Kier molecular flexibility index (Phi) is 4.05. The number of carbonyl (C=O) groups excluding carboxylic acids is 1. The van der Waals surface area contributed by atoms with Crippen molar-refractivity contribution >= 4 is 5.91 Å². The van der Waals surface area contributed by atoms with E-state index in [1.54, 1.807) is 6.92 Å². The third-order valence-corrected chi connectivity index (χ3v) is 1.28. The SMILES string of the molecule is CC(CCCO)C(N)=O. The lowest BCUT2D eigenvalue weighted by atomic mass is 10.1. The lowest BCUT2D eigenvalue weighted by Gasteiger charge is -2.03. The molecule has 0 saturated carbocycles. The molecule has 0 saturated heterocycles. The number of carbonyl (C=O) groups is 1. The molecule has 3 heteroatoms. The van der Waals surface area contributed by atoms with Crippen molar-refractivity contribution in [2.24, 2.45) is 11.7 Å². The first-order valence-electron chi connectivity index (χ1n) is 3.08. The Hall–Kier alpha value is -0.570. The largest absolute Gasteiger partial charge is 0.396 e. The van der Waals surface area contributed by atoms with Crippen molar-refractivity contribution in [3.05, 3.63) is 0 Å². The lowest BCUT2D eigenvalue weighted by Crippen LogP contribution is -2.20. The number of hydrogen-bond acceptors (Lipinski definition) is 2. The zero-order valence-corrected chi connectivity index (χ0v) is 5.63. The molecule has 1 atom stereocenters. The molecule has 0 aromatic carbocycles. The number of aliphatic hydroxyl groups excluding tert-OH is 1. The summed E-state index contributed by atoms with van der Waals surface area (Å²) < 4.78 is 0. The minimum Gasteiger partial charge on any atom is -0.396 e. The standard InChI is InChI=1S/C6H13NO2/c1-5(6(7)9)3-2-4-8/h5,8H,2-4H2,1H3,(H2,7,9). The number of rotatable bonds is 4. The van der Waals surface area contributed by atoms with E-state index in [4.69, 9.17) is 10.8 Å². The molecule has 0 rings (SSSR count). The van der Waals surface area contributed by atoms with Crippen LogP contribution in [0.3, 0.4) is 0 Å². The van der Waals surface area contributed by atoms with Crippen molar-refractivity contribution in [2.75, 3.05) is 6.61 Å². The number of amides is 1. The van der Waals surface area contributed by atoms with Crippen LogP contribution in [0.15, 0.2) is 0 Å². The average molecular weight is 131 g/mol. The lowest BCUT2D eigenvalue weighted by molar-refractivity contribution is -0.121. The van der Waals surface area contributed by atoms with Crippen LogP contribution in [-0.2, 0) is 4.79 Å². The van der Waals surface area contributed by atoms with Crippen molar-refractivity contribution in [3.63, 3.8) is 0 Å². The first-order chi connectivity index (χ1) is 4.18. The van der Waals surface area contributed by atoms with Gasteiger partial charge in [0, 0.05) is 12.5 Å². The zero-order chi connectivity index (χ0) is 7.28. The summed E-state index contributed by atoms with van der Waals surface area (Å²) in [5.74, 6) is -0.388. The van der Waals surface area contributed by atoms with E-state index in [-0.39, 0.29) is 18.4 Å². The highest BCUT2D eigenvalue weighted by atomic mass is 16.2. The second-order valence-electron chi connectivity index (χ2n) is 2.17. The summed E-state index contributed by atoms with van der Waals surface area (Å²) in [5, 5.41) is 8.34. The monoisotopic (exact) mass is 131 g/mol. The van der Waals surface area contributed by atoms with Crippen LogP contribution in [-0.4, -0.2) is 17.6 Å². The van der Waals surface area contributed by atoms with Crippen molar-refractivity contribution < 1.29 is 9.90 Å². The summed E-state index contributed by atoms with van der Waals surface area (Å²) in [4.78, 5) is 10.3. The third kappa shape index (κ3) is 3.97. The summed E-state index contributed by atoms with van der Waals surface area (Å²) in [5.41, 5.74) is 4.96. The van der Waals surface area contributed by atoms with Gasteiger partial charge in [0.25, 0.3) is 0 Å². The van der Waals surface area contributed by atoms with Gasteiger partial charge in [-0.1, -0.05) is 6.92 Å². The molecule has 1 amide bonds. The molecule has 0 aliphatic heterocycles. The zero-order valence-electron chi connectivity index (χ0n) is 5.63. The fourth-order valence-electron chi connectivity index (χ4n) is 0.540. The van der Waals surface area contributed by atoms with E-state index in [1.165, 1.54) is 0 Å². The Morgan fingerprint density at radius 3 is 2.67 bits per heavy atom. The second kappa shape index (κ2) is 4.32. The number of aliphatic hydroxyl groups is 1. The fraction of sp³-hybridized carbons (Fsp3) is 0.833. The van der Waals surface area contributed by atoms with E-state index in [1.807, 2.05) is 0 Å². The van der Waals surface area contributed by atoms with Gasteiger partial charge in [-0.15, -0.1) is 0 Å². The first-order valence-corrected chi connectivity index (χ1v) is 3.08. The number of primary amides is 1. The molecular weight excluding hydrogens is 118 g/mol.